The van der Waals surface area contributed by atoms with Crippen molar-refractivity contribution in [3.05, 3.63) is 52.5 Å². The van der Waals surface area contributed by atoms with Crippen LogP contribution in [-0.4, -0.2) is 36.7 Å². The summed E-state index contributed by atoms with van der Waals surface area (Å²) in [6.07, 6.45) is 0. The number of carboxylic acids is 1. The van der Waals surface area contributed by atoms with Gasteiger partial charge in [-0.2, -0.15) is 0 Å². The number of amides is 1. The van der Waals surface area contributed by atoms with E-state index in [1.807, 2.05) is 12.1 Å². The third-order valence-corrected chi connectivity index (χ3v) is 3.98. The number of anilines is 1. The van der Waals surface area contributed by atoms with Crippen LogP contribution < -0.4 is 20.1 Å². The number of rotatable bonds is 6. The predicted octanol–water partition coefficient (Wildman–Crippen LogP) is 2.54. The molecule has 0 atom stereocenters. The standard InChI is InChI=1S/C18H17ClN2O5/c19-14-7-11(8-15-17(14)26-6-5-25-15)9-20-13-3-1-12(2-4-13)18(24)21-10-16(22)23/h1-4,7-8,20H,5-6,9-10H2,(H,21,24)(H,22,23). The minimum Gasteiger partial charge on any atom is -0.486 e. The number of carbonyl (C=O) groups is 2. The molecule has 1 aliphatic heterocycles. The highest BCUT2D eigenvalue weighted by Gasteiger charge is 2.16. The second-order valence-corrected chi connectivity index (χ2v) is 6.02. The molecule has 0 saturated carbocycles. The summed E-state index contributed by atoms with van der Waals surface area (Å²) < 4.78 is 11.0. The minimum absolute atomic E-state index is 0.388. The molecule has 3 N–H and O–H groups in total. The normalized spacial score (nSPS) is 12.3. The molecule has 1 heterocycles. The molecule has 0 aliphatic carbocycles. The van der Waals surface area contributed by atoms with Crippen LogP contribution >= 0.6 is 11.6 Å². The molecule has 0 radical (unpaired) electrons. The Kier molecular flexibility index (Phi) is 5.48. The zero-order valence-corrected chi connectivity index (χ0v) is 14.5. The lowest BCUT2D eigenvalue weighted by molar-refractivity contribution is -0.135. The number of benzene rings is 2. The summed E-state index contributed by atoms with van der Waals surface area (Å²) in [5.41, 5.74) is 2.13. The summed E-state index contributed by atoms with van der Waals surface area (Å²) in [6.45, 7) is 1.08. The Morgan fingerprint density at radius 3 is 2.58 bits per heavy atom. The molecule has 0 fully saturated rings. The van der Waals surface area contributed by atoms with E-state index in [2.05, 4.69) is 10.6 Å². The summed E-state index contributed by atoms with van der Waals surface area (Å²) in [5, 5.41) is 14.6. The fourth-order valence-electron chi connectivity index (χ4n) is 2.47. The Morgan fingerprint density at radius 1 is 1.12 bits per heavy atom. The van der Waals surface area contributed by atoms with Gasteiger partial charge in [-0.25, -0.2) is 0 Å². The lowest BCUT2D eigenvalue weighted by atomic mass is 10.1. The Balaban J connectivity index is 1.61. The summed E-state index contributed by atoms with van der Waals surface area (Å²) in [7, 11) is 0. The van der Waals surface area contributed by atoms with E-state index in [0.29, 0.717) is 41.8 Å². The molecule has 0 unspecified atom stereocenters. The molecule has 1 amide bonds. The van der Waals surface area contributed by atoms with E-state index in [0.717, 1.165) is 11.3 Å². The van der Waals surface area contributed by atoms with Gasteiger partial charge in [0, 0.05) is 17.8 Å². The van der Waals surface area contributed by atoms with Crippen molar-refractivity contribution >= 4 is 29.2 Å². The van der Waals surface area contributed by atoms with Crippen LogP contribution in [0.3, 0.4) is 0 Å². The Labute approximate surface area is 154 Å². The lowest BCUT2D eigenvalue weighted by Gasteiger charge is -2.20. The first-order chi connectivity index (χ1) is 12.5. The van der Waals surface area contributed by atoms with Crippen LogP contribution in [0.4, 0.5) is 5.69 Å². The molecule has 0 spiro atoms. The number of hydrogen-bond acceptors (Lipinski definition) is 5. The first kappa shape index (κ1) is 17.9. The van der Waals surface area contributed by atoms with Crippen molar-refractivity contribution in [2.75, 3.05) is 25.1 Å². The topological polar surface area (TPSA) is 96.9 Å². The second kappa shape index (κ2) is 7.97. The van der Waals surface area contributed by atoms with Gasteiger partial charge in [0.15, 0.2) is 11.5 Å². The highest BCUT2D eigenvalue weighted by atomic mass is 35.5. The smallest absolute Gasteiger partial charge is 0.322 e. The van der Waals surface area contributed by atoms with Crippen molar-refractivity contribution in [3.63, 3.8) is 0 Å². The molecule has 8 heteroatoms. The van der Waals surface area contributed by atoms with Crippen molar-refractivity contribution in [3.8, 4) is 11.5 Å². The third-order valence-electron chi connectivity index (χ3n) is 3.70. The van der Waals surface area contributed by atoms with E-state index >= 15 is 0 Å². The number of nitrogens with one attached hydrogen (secondary N) is 2. The molecule has 2 aromatic rings. The number of halogens is 1. The molecule has 0 bridgehead atoms. The molecule has 136 valence electrons. The summed E-state index contributed by atoms with van der Waals surface area (Å²) in [4.78, 5) is 22.3. The van der Waals surface area contributed by atoms with E-state index in [9.17, 15) is 9.59 Å². The number of carboxylic acid groups (broad SMARTS) is 1. The number of ether oxygens (including phenoxy) is 2. The van der Waals surface area contributed by atoms with Crippen LogP contribution in [0.15, 0.2) is 36.4 Å². The maximum Gasteiger partial charge on any atom is 0.322 e. The SMILES string of the molecule is O=C(O)CNC(=O)c1ccc(NCc2cc(Cl)c3c(c2)OCCO3)cc1. The fourth-order valence-corrected chi connectivity index (χ4v) is 2.76. The summed E-state index contributed by atoms with van der Waals surface area (Å²) in [5.74, 6) is -0.323. The van der Waals surface area contributed by atoms with Crippen molar-refractivity contribution in [1.82, 2.24) is 5.32 Å². The number of aliphatic carboxylic acids is 1. The second-order valence-electron chi connectivity index (χ2n) is 5.61. The van der Waals surface area contributed by atoms with Gasteiger partial charge in [-0.15, -0.1) is 0 Å². The molecule has 1 aliphatic rings. The van der Waals surface area contributed by atoms with Gasteiger partial charge in [-0.1, -0.05) is 11.6 Å². The molecule has 0 aromatic heterocycles. The van der Waals surface area contributed by atoms with Gasteiger partial charge < -0.3 is 25.2 Å². The Bertz CT molecular complexity index is 823. The molecular formula is C18H17ClN2O5. The third kappa shape index (κ3) is 4.37. The van der Waals surface area contributed by atoms with Crippen molar-refractivity contribution < 1.29 is 24.2 Å². The van der Waals surface area contributed by atoms with Crippen LogP contribution in [0, 0.1) is 0 Å². The van der Waals surface area contributed by atoms with Gasteiger partial charge in [0.05, 0.1) is 5.02 Å². The fraction of sp³-hybridized carbons (Fsp3) is 0.222. The number of carbonyl (C=O) groups excluding carboxylic acids is 1. The van der Waals surface area contributed by atoms with Gasteiger partial charge in [0.25, 0.3) is 5.91 Å². The number of fused-ring (bicyclic) bond motifs is 1. The average molecular weight is 377 g/mol. The van der Waals surface area contributed by atoms with Crippen molar-refractivity contribution in [2.45, 2.75) is 6.54 Å². The predicted molar refractivity (Wildman–Crippen MR) is 96.2 cm³/mol. The molecule has 0 saturated heterocycles. The van der Waals surface area contributed by atoms with E-state index in [1.165, 1.54) is 0 Å². The summed E-state index contributed by atoms with van der Waals surface area (Å²) >= 11 is 6.22. The maximum atomic E-state index is 11.8. The lowest BCUT2D eigenvalue weighted by Crippen LogP contribution is -2.29. The van der Waals surface area contributed by atoms with Crippen LogP contribution in [0.1, 0.15) is 15.9 Å². The largest absolute Gasteiger partial charge is 0.486 e. The monoisotopic (exact) mass is 376 g/mol. The minimum atomic E-state index is -1.09. The zero-order valence-electron chi connectivity index (χ0n) is 13.8. The average Bonchev–Trinajstić information content (AvgIpc) is 2.65. The van der Waals surface area contributed by atoms with Crippen molar-refractivity contribution in [2.24, 2.45) is 0 Å². The van der Waals surface area contributed by atoms with E-state index in [4.69, 9.17) is 26.2 Å². The first-order valence-electron chi connectivity index (χ1n) is 7.95. The quantitative estimate of drug-likeness (QED) is 0.717. The van der Waals surface area contributed by atoms with Gasteiger partial charge in [0.1, 0.15) is 19.8 Å². The van der Waals surface area contributed by atoms with E-state index in [1.54, 1.807) is 24.3 Å². The van der Waals surface area contributed by atoms with Crippen LogP contribution in [0.25, 0.3) is 0 Å². The molecular weight excluding hydrogens is 360 g/mol. The summed E-state index contributed by atoms with van der Waals surface area (Å²) in [6, 6.07) is 10.4. The Hall–Kier alpha value is -2.93. The molecule has 3 rings (SSSR count). The molecule has 26 heavy (non-hydrogen) atoms. The van der Waals surface area contributed by atoms with Gasteiger partial charge >= 0.3 is 5.97 Å². The van der Waals surface area contributed by atoms with Crippen LogP contribution in [0.5, 0.6) is 11.5 Å². The van der Waals surface area contributed by atoms with E-state index in [-0.39, 0.29) is 0 Å². The van der Waals surface area contributed by atoms with Crippen LogP contribution in [-0.2, 0) is 11.3 Å². The van der Waals surface area contributed by atoms with E-state index < -0.39 is 18.4 Å². The molecule has 2 aromatic carbocycles. The maximum absolute atomic E-state index is 11.8. The highest BCUT2D eigenvalue weighted by Crippen LogP contribution is 2.38. The van der Waals surface area contributed by atoms with Gasteiger partial charge in [0.2, 0.25) is 0 Å². The van der Waals surface area contributed by atoms with Gasteiger partial charge in [-0.3, -0.25) is 9.59 Å². The highest BCUT2D eigenvalue weighted by molar-refractivity contribution is 6.32. The zero-order chi connectivity index (χ0) is 18.5. The van der Waals surface area contributed by atoms with Gasteiger partial charge in [-0.05, 0) is 42.0 Å². The van der Waals surface area contributed by atoms with Crippen molar-refractivity contribution in [1.29, 1.82) is 0 Å². The number of hydrogen-bond donors (Lipinski definition) is 3. The Morgan fingerprint density at radius 2 is 1.85 bits per heavy atom. The first-order valence-corrected chi connectivity index (χ1v) is 8.32. The van der Waals surface area contributed by atoms with Crippen LogP contribution in [0.2, 0.25) is 5.02 Å². The molecule has 7 nitrogen and oxygen atoms in total.